The lowest BCUT2D eigenvalue weighted by molar-refractivity contribution is 0.467. The number of halogens is 1. The average Bonchev–Trinajstić information content (AvgIpc) is 3.26. The first-order valence-electron chi connectivity index (χ1n) is 8.37. The van der Waals surface area contributed by atoms with E-state index < -0.39 is 5.82 Å². The number of anilines is 1. The van der Waals surface area contributed by atoms with Crippen molar-refractivity contribution in [3.8, 4) is 17.0 Å². The number of nitrogens with zero attached hydrogens (tertiary/aromatic N) is 3. The van der Waals surface area contributed by atoms with Crippen LogP contribution in [0.3, 0.4) is 0 Å². The Morgan fingerprint density at radius 3 is 2.85 bits per heavy atom. The predicted octanol–water partition coefficient (Wildman–Crippen LogP) is 4.84. The van der Waals surface area contributed by atoms with Crippen molar-refractivity contribution in [1.82, 2.24) is 14.6 Å². The summed E-state index contributed by atoms with van der Waals surface area (Å²) in [6.07, 6.45) is 3.37. The van der Waals surface area contributed by atoms with Crippen molar-refractivity contribution in [3.05, 3.63) is 65.2 Å². The van der Waals surface area contributed by atoms with Crippen LogP contribution in [-0.4, -0.2) is 19.7 Å². The zero-order valence-electron chi connectivity index (χ0n) is 14.3. The summed E-state index contributed by atoms with van der Waals surface area (Å²) in [4.78, 5) is 4.45. The number of thiophene rings is 1. The van der Waals surface area contributed by atoms with E-state index in [9.17, 15) is 9.50 Å². The van der Waals surface area contributed by atoms with Crippen LogP contribution in [-0.2, 0) is 0 Å². The molecule has 0 fully saturated rings. The lowest BCUT2D eigenvalue weighted by Gasteiger charge is -2.18. The van der Waals surface area contributed by atoms with E-state index in [-0.39, 0.29) is 11.8 Å². The van der Waals surface area contributed by atoms with Crippen molar-refractivity contribution in [2.45, 2.75) is 19.9 Å². The van der Waals surface area contributed by atoms with Gasteiger partial charge in [-0.3, -0.25) is 0 Å². The van der Waals surface area contributed by atoms with E-state index in [2.05, 4.69) is 15.4 Å². The first-order chi connectivity index (χ1) is 12.7. The lowest BCUT2D eigenvalue weighted by atomic mass is 9.99. The van der Waals surface area contributed by atoms with Gasteiger partial charge in [-0.1, -0.05) is 19.9 Å². The third kappa shape index (κ3) is 2.43. The van der Waals surface area contributed by atoms with Crippen LogP contribution in [0.5, 0.6) is 5.75 Å². The van der Waals surface area contributed by atoms with Gasteiger partial charge in [0.1, 0.15) is 23.6 Å². The molecule has 0 saturated heterocycles. The van der Waals surface area contributed by atoms with Crippen LogP contribution in [0.15, 0.2) is 48.2 Å². The molecule has 4 aromatic rings. The van der Waals surface area contributed by atoms with Crippen LogP contribution >= 0.6 is 11.3 Å². The Kier molecular flexibility index (Phi) is 4.08. The lowest BCUT2D eigenvalue weighted by Crippen LogP contribution is -2.12. The highest BCUT2D eigenvalue weighted by molar-refractivity contribution is 7.14. The summed E-state index contributed by atoms with van der Waals surface area (Å²) in [6, 6.07) is 7.77. The predicted molar refractivity (Wildman–Crippen MR) is 101 cm³/mol. The molecule has 1 unspecified atom stereocenters. The van der Waals surface area contributed by atoms with E-state index in [1.807, 2.05) is 37.6 Å². The summed E-state index contributed by atoms with van der Waals surface area (Å²) < 4.78 is 16.3. The van der Waals surface area contributed by atoms with E-state index in [1.165, 1.54) is 12.4 Å². The minimum atomic E-state index is -0.453. The summed E-state index contributed by atoms with van der Waals surface area (Å²) >= 11 is 1.55. The van der Waals surface area contributed by atoms with Crippen molar-refractivity contribution in [2.75, 3.05) is 5.32 Å². The Hall–Kier alpha value is -2.93. The van der Waals surface area contributed by atoms with Gasteiger partial charge in [0, 0.05) is 29.0 Å². The number of phenolic OH excluding ortho intramolecular Hbond substituents is 1. The average molecular weight is 368 g/mol. The molecule has 1 aromatic carbocycles. The maximum absolute atomic E-state index is 14.5. The minimum absolute atomic E-state index is 0.0903. The molecule has 2 N–H and O–H groups in total. The number of aromatic nitrogens is 3. The molecule has 0 saturated carbocycles. The number of rotatable bonds is 1. The molecule has 0 amide bonds. The van der Waals surface area contributed by atoms with E-state index in [0.717, 1.165) is 33.4 Å². The third-order valence-corrected chi connectivity index (χ3v) is 5.13. The van der Waals surface area contributed by atoms with Crippen LogP contribution in [0, 0.1) is 5.82 Å². The number of hydrogen-bond acceptors (Lipinski definition) is 5. The molecule has 0 radical (unpaired) electrons. The van der Waals surface area contributed by atoms with Crippen molar-refractivity contribution >= 4 is 21.9 Å². The smallest absolute Gasteiger partial charge is 0.137 e. The largest absolute Gasteiger partial charge is 0.508 e. The number of nitrogens with one attached hydrogen (secondary N) is 1. The van der Waals surface area contributed by atoms with Crippen LogP contribution in [0.2, 0.25) is 0 Å². The quantitative estimate of drug-likeness (QED) is 0.504. The van der Waals surface area contributed by atoms with Crippen LogP contribution in [0.4, 0.5) is 9.39 Å². The molecule has 0 bridgehead atoms. The van der Waals surface area contributed by atoms with Crippen molar-refractivity contribution < 1.29 is 9.50 Å². The molecular weight excluding hydrogens is 351 g/mol. The first kappa shape index (κ1) is 16.5. The number of benzene rings is 1. The number of phenols is 1. The number of fused-ring (bicyclic) bond motifs is 2. The Morgan fingerprint density at radius 2 is 2.04 bits per heavy atom. The summed E-state index contributed by atoms with van der Waals surface area (Å²) in [5.74, 6) is -0.544. The molecule has 7 heteroatoms. The molecular formula is C19H17FN4OS. The van der Waals surface area contributed by atoms with Gasteiger partial charge in [0.15, 0.2) is 0 Å². The molecule has 0 spiro atoms. The normalized spacial score (nSPS) is 14.8. The highest BCUT2D eigenvalue weighted by Crippen LogP contribution is 2.44. The van der Waals surface area contributed by atoms with E-state index in [4.69, 9.17) is 0 Å². The Morgan fingerprint density at radius 1 is 1.19 bits per heavy atom. The zero-order chi connectivity index (χ0) is 18.3. The number of aromatic hydroxyl groups is 1. The Labute approximate surface area is 153 Å². The van der Waals surface area contributed by atoms with E-state index >= 15 is 0 Å². The monoisotopic (exact) mass is 368 g/mol. The summed E-state index contributed by atoms with van der Waals surface area (Å²) in [7, 11) is 0. The van der Waals surface area contributed by atoms with Gasteiger partial charge in [0.2, 0.25) is 0 Å². The summed E-state index contributed by atoms with van der Waals surface area (Å²) in [5.41, 5.74) is 4.04. The van der Waals surface area contributed by atoms with Gasteiger partial charge in [0.25, 0.3) is 0 Å². The van der Waals surface area contributed by atoms with Crippen LogP contribution in [0.1, 0.15) is 31.0 Å². The fourth-order valence-corrected chi connectivity index (χ4v) is 4.04. The van der Waals surface area contributed by atoms with Gasteiger partial charge >= 0.3 is 0 Å². The molecule has 132 valence electrons. The van der Waals surface area contributed by atoms with Gasteiger partial charge in [-0.25, -0.2) is 13.9 Å². The van der Waals surface area contributed by atoms with E-state index in [0.29, 0.717) is 5.56 Å². The van der Waals surface area contributed by atoms with Crippen LogP contribution in [0.25, 0.3) is 16.8 Å². The van der Waals surface area contributed by atoms with Crippen molar-refractivity contribution in [1.29, 1.82) is 0 Å². The Bertz CT molecular complexity index is 1090. The molecule has 1 aliphatic heterocycles. The van der Waals surface area contributed by atoms with Gasteiger partial charge in [-0.05, 0) is 23.6 Å². The van der Waals surface area contributed by atoms with Crippen LogP contribution < -0.4 is 5.32 Å². The van der Waals surface area contributed by atoms with Crippen molar-refractivity contribution in [3.63, 3.8) is 0 Å². The minimum Gasteiger partial charge on any atom is -0.508 e. The van der Waals surface area contributed by atoms with Gasteiger partial charge in [-0.15, -0.1) is 11.3 Å². The van der Waals surface area contributed by atoms with Gasteiger partial charge in [0.05, 0.1) is 16.6 Å². The first-order valence-corrected chi connectivity index (χ1v) is 9.25. The molecule has 0 aliphatic carbocycles. The SMILES string of the molecule is CC.Oc1ccc(C2Nc3sccc3-c3ncnn4ccc2c34)c(F)c1. The second-order valence-corrected chi connectivity index (χ2v) is 6.54. The van der Waals surface area contributed by atoms with Gasteiger partial charge < -0.3 is 10.4 Å². The molecule has 1 aliphatic rings. The fraction of sp³-hybridized carbons (Fsp3) is 0.158. The molecule has 5 rings (SSSR count). The fourth-order valence-electron chi connectivity index (χ4n) is 3.22. The highest BCUT2D eigenvalue weighted by Gasteiger charge is 2.28. The standard InChI is InChI=1S/C17H11FN4OS.C2H6/c18-13-7-9(23)1-2-10(13)14-11-3-5-22-16(11)15(19-8-20-22)12-4-6-24-17(12)21-14;1-2/h1-8,14,21,23H;1-2H3. The maximum Gasteiger partial charge on any atom is 0.137 e. The molecule has 26 heavy (non-hydrogen) atoms. The molecule has 1 atom stereocenters. The summed E-state index contributed by atoms with van der Waals surface area (Å²) in [5, 5.41) is 20.1. The molecule has 4 heterocycles. The number of hydrogen-bond donors (Lipinski definition) is 2. The maximum atomic E-state index is 14.5. The second-order valence-electron chi connectivity index (χ2n) is 5.62. The second kappa shape index (κ2) is 6.42. The highest BCUT2D eigenvalue weighted by atomic mass is 32.1. The Balaban J connectivity index is 0.000000814. The van der Waals surface area contributed by atoms with Gasteiger partial charge in [-0.2, -0.15) is 5.10 Å². The topological polar surface area (TPSA) is 62.5 Å². The van der Waals surface area contributed by atoms with Crippen molar-refractivity contribution in [2.24, 2.45) is 0 Å². The molecule has 5 nitrogen and oxygen atoms in total. The molecule has 3 aromatic heterocycles. The summed E-state index contributed by atoms with van der Waals surface area (Å²) in [6.45, 7) is 4.00. The third-order valence-electron chi connectivity index (χ3n) is 4.29. The van der Waals surface area contributed by atoms with E-state index in [1.54, 1.807) is 21.9 Å². The zero-order valence-corrected chi connectivity index (χ0v) is 15.1.